The van der Waals surface area contributed by atoms with E-state index >= 15 is 0 Å². The van der Waals surface area contributed by atoms with Gasteiger partial charge >= 0.3 is 0 Å². The molecule has 0 atom stereocenters. The second-order valence-corrected chi connectivity index (χ2v) is 6.95. The van der Waals surface area contributed by atoms with Gasteiger partial charge in [-0.05, 0) is 37.9 Å². The molecule has 118 valence electrons. The first-order chi connectivity index (χ1) is 9.96. The lowest BCUT2D eigenvalue weighted by Crippen LogP contribution is -2.47. The van der Waals surface area contributed by atoms with Crippen molar-refractivity contribution in [3.05, 3.63) is 35.4 Å². The first-order valence-electron chi connectivity index (χ1n) is 8.13. The minimum absolute atomic E-state index is 0.0214. The van der Waals surface area contributed by atoms with E-state index in [1.54, 1.807) is 0 Å². The molecule has 1 fully saturated rings. The summed E-state index contributed by atoms with van der Waals surface area (Å²) in [6, 6.07) is 9.39. The van der Waals surface area contributed by atoms with Gasteiger partial charge in [0.25, 0.3) is 0 Å². The van der Waals surface area contributed by atoms with Gasteiger partial charge in [-0.25, -0.2) is 0 Å². The maximum Gasteiger partial charge on any atom is 0.0753 e. The summed E-state index contributed by atoms with van der Waals surface area (Å²) in [5, 5.41) is 3.50. The van der Waals surface area contributed by atoms with Crippen LogP contribution in [-0.2, 0) is 17.7 Å². The third kappa shape index (κ3) is 5.42. The lowest BCUT2D eigenvalue weighted by Gasteiger charge is -2.38. The summed E-state index contributed by atoms with van der Waals surface area (Å²) in [6.45, 7) is 13.7. The minimum Gasteiger partial charge on any atom is -0.373 e. The van der Waals surface area contributed by atoms with Crippen LogP contribution < -0.4 is 5.32 Å². The van der Waals surface area contributed by atoms with Crippen LogP contribution in [0.3, 0.4) is 0 Å². The van der Waals surface area contributed by atoms with Gasteiger partial charge < -0.3 is 10.1 Å². The van der Waals surface area contributed by atoms with Gasteiger partial charge in [0.1, 0.15) is 0 Å². The Balaban J connectivity index is 1.96. The summed E-state index contributed by atoms with van der Waals surface area (Å²) < 4.78 is 5.80. The summed E-state index contributed by atoms with van der Waals surface area (Å²) in [6.07, 6.45) is 1.10. The third-order valence-electron chi connectivity index (χ3n) is 3.96. The van der Waals surface area contributed by atoms with E-state index in [1.807, 2.05) is 0 Å². The van der Waals surface area contributed by atoms with Crippen molar-refractivity contribution in [2.45, 2.75) is 52.3 Å². The Hall–Kier alpha value is -0.900. The lowest BCUT2D eigenvalue weighted by atomic mass is 10.0. The van der Waals surface area contributed by atoms with Crippen molar-refractivity contribution < 1.29 is 4.74 Å². The van der Waals surface area contributed by atoms with Crippen molar-refractivity contribution in [2.75, 3.05) is 26.2 Å². The van der Waals surface area contributed by atoms with E-state index in [1.165, 1.54) is 11.1 Å². The summed E-state index contributed by atoms with van der Waals surface area (Å²) in [7, 11) is 0. The second kappa shape index (κ2) is 7.39. The molecule has 2 rings (SSSR count). The Bertz CT molecular complexity index is 443. The van der Waals surface area contributed by atoms with Crippen LogP contribution in [0.1, 0.15) is 38.8 Å². The summed E-state index contributed by atoms with van der Waals surface area (Å²) in [5.74, 6) is 0. The molecule has 1 aliphatic rings. The number of nitrogens with one attached hydrogen (secondary N) is 1. The largest absolute Gasteiger partial charge is 0.373 e. The Labute approximate surface area is 129 Å². The van der Waals surface area contributed by atoms with Crippen LogP contribution in [0.2, 0.25) is 0 Å². The van der Waals surface area contributed by atoms with E-state index in [0.29, 0.717) is 6.04 Å². The normalized spacial score (nSPS) is 19.1. The smallest absolute Gasteiger partial charge is 0.0753 e. The van der Waals surface area contributed by atoms with Gasteiger partial charge in [-0.1, -0.05) is 38.1 Å². The lowest BCUT2D eigenvalue weighted by molar-refractivity contribution is -0.0883. The Morgan fingerprint density at radius 1 is 1.24 bits per heavy atom. The van der Waals surface area contributed by atoms with Gasteiger partial charge in [-0.3, -0.25) is 4.90 Å². The van der Waals surface area contributed by atoms with Crippen LogP contribution in [-0.4, -0.2) is 42.8 Å². The van der Waals surface area contributed by atoms with Crippen LogP contribution in [0.5, 0.6) is 0 Å². The Morgan fingerprint density at radius 2 is 1.95 bits per heavy atom. The molecule has 1 N–H and O–H groups in total. The van der Waals surface area contributed by atoms with Gasteiger partial charge in [-0.2, -0.15) is 0 Å². The predicted molar refractivity (Wildman–Crippen MR) is 88.6 cm³/mol. The van der Waals surface area contributed by atoms with Crippen LogP contribution in [0.4, 0.5) is 0 Å². The maximum atomic E-state index is 5.80. The molecule has 0 bridgehead atoms. The van der Waals surface area contributed by atoms with Crippen LogP contribution in [0.25, 0.3) is 0 Å². The molecule has 21 heavy (non-hydrogen) atoms. The average molecular weight is 290 g/mol. The van der Waals surface area contributed by atoms with E-state index in [9.17, 15) is 0 Å². The highest BCUT2D eigenvalue weighted by atomic mass is 16.5. The molecule has 1 aliphatic heterocycles. The number of morpholine rings is 1. The fraction of sp³-hybridized carbons (Fsp3) is 0.667. The van der Waals surface area contributed by atoms with Crippen molar-refractivity contribution in [3.63, 3.8) is 0 Å². The van der Waals surface area contributed by atoms with Crippen molar-refractivity contribution >= 4 is 0 Å². The summed E-state index contributed by atoms with van der Waals surface area (Å²) in [5.41, 5.74) is 2.91. The van der Waals surface area contributed by atoms with Crippen LogP contribution in [0.15, 0.2) is 24.3 Å². The zero-order valence-corrected chi connectivity index (χ0v) is 14.0. The third-order valence-corrected chi connectivity index (χ3v) is 3.96. The van der Waals surface area contributed by atoms with E-state index in [-0.39, 0.29) is 5.60 Å². The first-order valence-corrected chi connectivity index (χ1v) is 8.13. The van der Waals surface area contributed by atoms with E-state index in [0.717, 1.165) is 39.2 Å². The van der Waals surface area contributed by atoms with Crippen LogP contribution in [0, 0.1) is 0 Å². The molecule has 1 aromatic carbocycles. The highest BCUT2D eigenvalue weighted by Gasteiger charge is 2.27. The zero-order valence-electron chi connectivity index (χ0n) is 14.0. The van der Waals surface area contributed by atoms with Crippen molar-refractivity contribution in [2.24, 2.45) is 0 Å². The van der Waals surface area contributed by atoms with Gasteiger partial charge in [0.2, 0.25) is 0 Å². The van der Waals surface area contributed by atoms with Gasteiger partial charge in [-0.15, -0.1) is 0 Å². The molecule has 0 aliphatic carbocycles. The Kier molecular flexibility index (Phi) is 5.80. The number of rotatable bonds is 6. The molecule has 0 amide bonds. The molecule has 0 radical (unpaired) electrons. The van der Waals surface area contributed by atoms with E-state index in [2.05, 4.69) is 62.2 Å². The van der Waals surface area contributed by atoms with Crippen molar-refractivity contribution in [1.82, 2.24) is 10.2 Å². The second-order valence-electron chi connectivity index (χ2n) is 6.95. The highest BCUT2D eigenvalue weighted by Crippen LogP contribution is 2.20. The predicted octanol–water partition coefficient (Wildman–Crippen LogP) is 2.84. The molecule has 3 nitrogen and oxygen atoms in total. The highest BCUT2D eigenvalue weighted by molar-refractivity contribution is 5.27. The standard InChI is InChI=1S/C18H30N2O/c1-15(2)19-10-9-16-7-5-6-8-17(16)13-20-11-12-21-18(3,4)14-20/h5-8,15,19H,9-14H2,1-4H3. The van der Waals surface area contributed by atoms with Gasteiger partial charge in [0, 0.05) is 25.7 Å². The number of hydrogen-bond acceptors (Lipinski definition) is 3. The van der Waals surface area contributed by atoms with Gasteiger partial charge in [0.05, 0.1) is 12.2 Å². The first kappa shape index (κ1) is 16.5. The number of nitrogens with zero attached hydrogens (tertiary/aromatic N) is 1. The number of hydrogen-bond donors (Lipinski definition) is 1. The number of ether oxygens (including phenoxy) is 1. The maximum absolute atomic E-state index is 5.80. The SMILES string of the molecule is CC(C)NCCc1ccccc1CN1CCOC(C)(C)C1. The molecule has 0 unspecified atom stereocenters. The molecular weight excluding hydrogens is 260 g/mol. The van der Waals surface area contributed by atoms with Crippen molar-refractivity contribution in [3.8, 4) is 0 Å². The summed E-state index contributed by atoms with van der Waals surface area (Å²) in [4.78, 5) is 2.51. The van der Waals surface area contributed by atoms with Gasteiger partial charge in [0.15, 0.2) is 0 Å². The molecule has 0 aromatic heterocycles. The quantitative estimate of drug-likeness (QED) is 0.872. The van der Waals surface area contributed by atoms with Crippen LogP contribution >= 0.6 is 0 Å². The Morgan fingerprint density at radius 3 is 2.62 bits per heavy atom. The molecule has 3 heteroatoms. The zero-order chi connectivity index (χ0) is 15.3. The summed E-state index contributed by atoms with van der Waals surface area (Å²) >= 11 is 0. The molecule has 0 spiro atoms. The number of benzene rings is 1. The molecule has 1 aromatic rings. The molecule has 1 saturated heterocycles. The fourth-order valence-electron chi connectivity index (χ4n) is 2.94. The molecule has 0 saturated carbocycles. The molecular formula is C18H30N2O. The fourth-order valence-corrected chi connectivity index (χ4v) is 2.94. The van der Waals surface area contributed by atoms with E-state index in [4.69, 9.17) is 4.74 Å². The van der Waals surface area contributed by atoms with Crippen molar-refractivity contribution in [1.29, 1.82) is 0 Å². The molecule has 1 heterocycles. The minimum atomic E-state index is -0.0214. The average Bonchev–Trinajstić information content (AvgIpc) is 2.39. The van der Waals surface area contributed by atoms with E-state index < -0.39 is 0 Å². The monoisotopic (exact) mass is 290 g/mol. The topological polar surface area (TPSA) is 24.5 Å².